The molecule has 2 heteroatoms. The molecule has 0 spiro atoms. The SMILES string of the molecule is C=Cc1ccc(Cc2cccc(N3CCCC3)c2CCNC)cc1. The number of benzene rings is 2. The van der Waals surface area contributed by atoms with Crippen molar-refractivity contribution in [3.63, 3.8) is 0 Å². The van der Waals surface area contributed by atoms with Crippen molar-refractivity contribution in [3.05, 3.63) is 71.3 Å². The number of anilines is 1. The van der Waals surface area contributed by atoms with Crippen molar-refractivity contribution in [2.24, 2.45) is 0 Å². The largest absolute Gasteiger partial charge is 0.371 e. The Morgan fingerprint density at radius 1 is 1.08 bits per heavy atom. The Bertz CT molecular complexity index is 667. The second kappa shape index (κ2) is 8.16. The molecule has 0 bridgehead atoms. The molecule has 24 heavy (non-hydrogen) atoms. The molecule has 1 fully saturated rings. The summed E-state index contributed by atoms with van der Waals surface area (Å²) >= 11 is 0. The number of nitrogens with one attached hydrogen (secondary N) is 1. The topological polar surface area (TPSA) is 15.3 Å². The molecule has 0 saturated carbocycles. The van der Waals surface area contributed by atoms with E-state index >= 15 is 0 Å². The molecule has 0 atom stereocenters. The number of rotatable bonds is 7. The first-order chi connectivity index (χ1) is 11.8. The maximum atomic E-state index is 3.84. The molecule has 0 unspecified atom stereocenters. The van der Waals surface area contributed by atoms with Crippen molar-refractivity contribution >= 4 is 11.8 Å². The van der Waals surface area contributed by atoms with Crippen molar-refractivity contribution < 1.29 is 0 Å². The Hall–Kier alpha value is -2.06. The third-order valence-corrected chi connectivity index (χ3v) is 4.93. The van der Waals surface area contributed by atoms with E-state index in [0.29, 0.717) is 0 Å². The summed E-state index contributed by atoms with van der Waals surface area (Å²) in [6.07, 6.45) is 6.62. The summed E-state index contributed by atoms with van der Waals surface area (Å²) in [7, 11) is 2.03. The van der Waals surface area contributed by atoms with Crippen LogP contribution in [0.25, 0.3) is 6.08 Å². The van der Waals surface area contributed by atoms with Gasteiger partial charge in [-0.05, 0) is 67.6 Å². The van der Waals surface area contributed by atoms with E-state index in [9.17, 15) is 0 Å². The van der Waals surface area contributed by atoms with Gasteiger partial charge in [0.25, 0.3) is 0 Å². The van der Waals surface area contributed by atoms with Crippen molar-refractivity contribution in [3.8, 4) is 0 Å². The Labute approximate surface area is 146 Å². The van der Waals surface area contributed by atoms with Crippen LogP contribution in [-0.4, -0.2) is 26.7 Å². The van der Waals surface area contributed by atoms with Gasteiger partial charge in [0.2, 0.25) is 0 Å². The molecule has 1 heterocycles. The number of hydrogen-bond donors (Lipinski definition) is 1. The van der Waals surface area contributed by atoms with Gasteiger partial charge in [-0.25, -0.2) is 0 Å². The summed E-state index contributed by atoms with van der Waals surface area (Å²) < 4.78 is 0. The minimum Gasteiger partial charge on any atom is -0.371 e. The van der Waals surface area contributed by atoms with Crippen molar-refractivity contribution in [2.45, 2.75) is 25.7 Å². The lowest BCUT2D eigenvalue weighted by atomic mass is 9.95. The van der Waals surface area contributed by atoms with Crippen LogP contribution in [-0.2, 0) is 12.8 Å². The van der Waals surface area contributed by atoms with E-state index in [1.807, 2.05) is 13.1 Å². The fourth-order valence-corrected chi connectivity index (χ4v) is 3.57. The van der Waals surface area contributed by atoms with Gasteiger partial charge < -0.3 is 10.2 Å². The molecule has 0 radical (unpaired) electrons. The van der Waals surface area contributed by atoms with E-state index in [-0.39, 0.29) is 0 Å². The summed E-state index contributed by atoms with van der Waals surface area (Å²) in [6.45, 7) is 7.25. The summed E-state index contributed by atoms with van der Waals surface area (Å²) in [5.74, 6) is 0. The van der Waals surface area contributed by atoms with Crippen LogP contribution in [0, 0.1) is 0 Å². The molecule has 2 aromatic carbocycles. The first-order valence-corrected chi connectivity index (χ1v) is 9.03. The Kier molecular flexibility index (Phi) is 5.71. The van der Waals surface area contributed by atoms with Gasteiger partial charge in [-0.2, -0.15) is 0 Å². The lowest BCUT2D eigenvalue weighted by Crippen LogP contribution is -2.21. The summed E-state index contributed by atoms with van der Waals surface area (Å²) in [5.41, 5.74) is 6.97. The number of hydrogen-bond acceptors (Lipinski definition) is 2. The molecule has 3 rings (SSSR count). The highest BCUT2D eigenvalue weighted by Gasteiger charge is 2.17. The average Bonchev–Trinajstić information content (AvgIpc) is 3.15. The summed E-state index contributed by atoms with van der Waals surface area (Å²) in [5, 5.41) is 3.31. The van der Waals surface area contributed by atoms with Crippen LogP contribution in [0.1, 0.15) is 35.1 Å². The van der Waals surface area contributed by atoms with Gasteiger partial charge in [0.15, 0.2) is 0 Å². The maximum Gasteiger partial charge on any atom is 0.0402 e. The van der Waals surface area contributed by atoms with E-state index < -0.39 is 0 Å². The smallest absolute Gasteiger partial charge is 0.0402 e. The lowest BCUT2D eigenvalue weighted by molar-refractivity contribution is 0.781. The lowest BCUT2D eigenvalue weighted by Gasteiger charge is -2.24. The Balaban J connectivity index is 1.89. The zero-order chi connectivity index (χ0) is 16.8. The van der Waals surface area contributed by atoms with E-state index in [1.165, 1.54) is 53.9 Å². The summed E-state index contributed by atoms with van der Waals surface area (Å²) in [6, 6.07) is 15.6. The first kappa shape index (κ1) is 16.8. The number of likely N-dealkylation sites (N-methyl/N-ethyl adjacent to an activating group) is 1. The highest BCUT2D eigenvalue weighted by molar-refractivity contribution is 5.58. The van der Waals surface area contributed by atoms with Crippen LogP contribution in [0.15, 0.2) is 49.0 Å². The normalized spacial score (nSPS) is 14.1. The third kappa shape index (κ3) is 3.88. The molecular weight excluding hydrogens is 292 g/mol. The Morgan fingerprint density at radius 3 is 2.50 bits per heavy atom. The highest BCUT2D eigenvalue weighted by atomic mass is 15.1. The van der Waals surface area contributed by atoms with Crippen LogP contribution < -0.4 is 10.2 Å². The van der Waals surface area contributed by atoms with Crippen LogP contribution in [0.4, 0.5) is 5.69 Å². The molecule has 2 aromatic rings. The van der Waals surface area contributed by atoms with Crippen molar-refractivity contribution in [2.75, 3.05) is 31.6 Å². The van der Waals surface area contributed by atoms with E-state index in [2.05, 4.69) is 59.3 Å². The van der Waals surface area contributed by atoms with Gasteiger partial charge in [-0.3, -0.25) is 0 Å². The molecule has 0 aliphatic carbocycles. The highest BCUT2D eigenvalue weighted by Crippen LogP contribution is 2.29. The molecule has 0 aromatic heterocycles. The van der Waals surface area contributed by atoms with Gasteiger partial charge in [-0.1, -0.05) is 49.1 Å². The summed E-state index contributed by atoms with van der Waals surface area (Å²) in [4.78, 5) is 2.56. The van der Waals surface area contributed by atoms with E-state index in [4.69, 9.17) is 0 Å². The van der Waals surface area contributed by atoms with Gasteiger partial charge >= 0.3 is 0 Å². The van der Waals surface area contributed by atoms with Crippen molar-refractivity contribution in [1.29, 1.82) is 0 Å². The quantitative estimate of drug-likeness (QED) is 0.819. The molecule has 126 valence electrons. The fraction of sp³-hybridized carbons (Fsp3) is 0.364. The molecule has 1 aliphatic rings. The van der Waals surface area contributed by atoms with Gasteiger partial charge in [0, 0.05) is 18.8 Å². The maximum absolute atomic E-state index is 3.84. The van der Waals surface area contributed by atoms with Crippen LogP contribution in [0.2, 0.25) is 0 Å². The fourth-order valence-electron chi connectivity index (χ4n) is 3.57. The second-order valence-corrected chi connectivity index (χ2v) is 6.59. The number of nitrogens with zero attached hydrogens (tertiary/aromatic N) is 1. The zero-order valence-electron chi connectivity index (χ0n) is 14.7. The third-order valence-electron chi connectivity index (χ3n) is 4.93. The molecule has 1 aliphatic heterocycles. The molecule has 1 N–H and O–H groups in total. The van der Waals surface area contributed by atoms with Gasteiger partial charge in [0.05, 0.1) is 0 Å². The van der Waals surface area contributed by atoms with Gasteiger partial charge in [-0.15, -0.1) is 0 Å². The minimum atomic E-state index is 0.998. The Morgan fingerprint density at radius 2 is 1.83 bits per heavy atom. The minimum absolute atomic E-state index is 0.998. The van der Waals surface area contributed by atoms with Gasteiger partial charge in [0.1, 0.15) is 0 Å². The molecule has 1 saturated heterocycles. The molecule has 2 nitrogen and oxygen atoms in total. The second-order valence-electron chi connectivity index (χ2n) is 6.59. The monoisotopic (exact) mass is 320 g/mol. The van der Waals surface area contributed by atoms with E-state index in [1.54, 1.807) is 0 Å². The standard InChI is InChI=1S/C22H28N2/c1-3-18-9-11-19(12-10-18)17-20-7-6-8-22(21(20)13-14-23-2)24-15-4-5-16-24/h3,6-12,23H,1,4-5,13-17H2,2H3. The van der Waals surface area contributed by atoms with Crippen LogP contribution in [0.3, 0.4) is 0 Å². The predicted octanol–water partition coefficient (Wildman–Crippen LogP) is 4.28. The first-order valence-electron chi connectivity index (χ1n) is 9.03. The predicted molar refractivity (Wildman–Crippen MR) is 105 cm³/mol. The molecular formula is C22H28N2. The zero-order valence-corrected chi connectivity index (χ0v) is 14.7. The van der Waals surface area contributed by atoms with E-state index in [0.717, 1.165) is 19.4 Å². The van der Waals surface area contributed by atoms with Crippen molar-refractivity contribution in [1.82, 2.24) is 5.32 Å². The van der Waals surface area contributed by atoms with Crippen LogP contribution >= 0.6 is 0 Å². The average molecular weight is 320 g/mol. The van der Waals surface area contributed by atoms with Crippen LogP contribution in [0.5, 0.6) is 0 Å². The molecule has 0 amide bonds.